The van der Waals surface area contributed by atoms with Gasteiger partial charge in [-0.25, -0.2) is 4.31 Å². The van der Waals surface area contributed by atoms with Crippen LogP contribution in [0.2, 0.25) is 0 Å². The van der Waals surface area contributed by atoms with Crippen LogP contribution >= 0.6 is 11.9 Å². The first kappa shape index (κ1) is 10.8. The molecule has 0 atom stereocenters. The van der Waals surface area contributed by atoms with Crippen molar-refractivity contribution in [3.63, 3.8) is 0 Å². The monoisotopic (exact) mass is 214 g/mol. The molecule has 0 unspecified atom stereocenters. The SMILES string of the molecule is CSN1CC2(CCN(C(C)C)CC2)C1. The molecular formula is C11H22N2S. The zero-order valence-electron chi connectivity index (χ0n) is 9.62. The lowest BCUT2D eigenvalue weighted by atomic mass is 9.73. The first-order chi connectivity index (χ1) is 6.65. The molecule has 0 aliphatic carbocycles. The molecule has 0 bridgehead atoms. The molecule has 0 N–H and O–H groups in total. The Morgan fingerprint density at radius 2 is 1.71 bits per heavy atom. The van der Waals surface area contributed by atoms with Crippen LogP contribution < -0.4 is 0 Å². The van der Waals surface area contributed by atoms with Crippen LogP contribution in [0.5, 0.6) is 0 Å². The van der Waals surface area contributed by atoms with E-state index in [0.717, 1.165) is 6.04 Å². The van der Waals surface area contributed by atoms with Gasteiger partial charge in [-0.05, 0) is 46.0 Å². The van der Waals surface area contributed by atoms with Gasteiger partial charge < -0.3 is 4.90 Å². The van der Waals surface area contributed by atoms with Gasteiger partial charge in [0.1, 0.15) is 0 Å². The molecule has 0 aromatic carbocycles. The minimum Gasteiger partial charge on any atom is -0.301 e. The fraction of sp³-hybridized carbons (Fsp3) is 1.00. The summed E-state index contributed by atoms with van der Waals surface area (Å²) in [5, 5.41) is 0. The molecule has 0 saturated carbocycles. The maximum atomic E-state index is 2.62. The van der Waals surface area contributed by atoms with Crippen LogP contribution in [0.3, 0.4) is 0 Å². The molecule has 82 valence electrons. The van der Waals surface area contributed by atoms with E-state index in [1.807, 2.05) is 11.9 Å². The second kappa shape index (κ2) is 4.03. The number of rotatable bonds is 2. The van der Waals surface area contributed by atoms with Crippen molar-refractivity contribution in [1.29, 1.82) is 0 Å². The second-order valence-electron chi connectivity index (χ2n) is 5.11. The van der Waals surface area contributed by atoms with Crippen molar-refractivity contribution in [2.45, 2.75) is 32.7 Å². The standard InChI is InChI=1S/C11H22N2S/c1-10(2)12-6-4-11(5-7-12)8-13(9-11)14-3/h10H,4-9H2,1-3H3. The van der Waals surface area contributed by atoms with E-state index < -0.39 is 0 Å². The zero-order chi connectivity index (χ0) is 10.2. The molecule has 2 rings (SSSR count). The molecule has 0 radical (unpaired) electrons. The van der Waals surface area contributed by atoms with Crippen LogP contribution in [0.4, 0.5) is 0 Å². The van der Waals surface area contributed by atoms with Gasteiger partial charge in [-0.2, -0.15) is 0 Å². The van der Waals surface area contributed by atoms with Gasteiger partial charge in [-0.3, -0.25) is 0 Å². The van der Waals surface area contributed by atoms with E-state index in [1.54, 1.807) is 0 Å². The molecular weight excluding hydrogens is 192 g/mol. The fourth-order valence-electron chi connectivity index (χ4n) is 2.66. The number of nitrogens with zero attached hydrogens (tertiary/aromatic N) is 2. The van der Waals surface area contributed by atoms with E-state index in [9.17, 15) is 0 Å². The summed E-state index contributed by atoms with van der Waals surface area (Å²) < 4.78 is 2.49. The van der Waals surface area contributed by atoms with Crippen molar-refractivity contribution in [3.05, 3.63) is 0 Å². The Morgan fingerprint density at radius 3 is 2.14 bits per heavy atom. The molecule has 2 nitrogen and oxygen atoms in total. The summed E-state index contributed by atoms with van der Waals surface area (Å²) in [6.07, 6.45) is 5.03. The molecule has 2 fully saturated rings. The highest BCUT2D eigenvalue weighted by Crippen LogP contribution is 2.42. The Balaban J connectivity index is 1.80. The molecule has 2 aliphatic rings. The highest BCUT2D eigenvalue weighted by Gasteiger charge is 2.44. The minimum absolute atomic E-state index is 0.703. The van der Waals surface area contributed by atoms with Crippen molar-refractivity contribution >= 4 is 11.9 Å². The van der Waals surface area contributed by atoms with E-state index in [0.29, 0.717) is 5.41 Å². The number of likely N-dealkylation sites (tertiary alicyclic amines) is 1. The number of hydrogen-bond donors (Lipinski definition) is 0. The predicted molar refractivity (Wildman–Crippen MR) is 63.5 cm³/mol. The van der Waals surface area contributed by atoms with Crippen LogP contribution in [-0.2, 0) is 0 Å². The minimum atomic E-state index is 0.703. The molecule has 0 amide bonds. The fourth-order valence-corrected chi connectivity index (χ4v) is 3.47. The third kappa shape index (κ3) is 1.95. The van der Waals surface area contributed by atoms with Gasteiger partial charge in [-0.1, -0.05) is 11.9 Å². The van der Waals surface area contributed by atoms with Crippen molar-refractivity contribution in [3.8, 4) is 0 Å². The molecule has 3 heteroatoms. The van der Waals surface area contributed by atoms with Crippen LogP contribution in [0, 0.1) is 5.41 Å². The second-order valence-corrected chi connectivity index (χ2v) is 5.99. The molecule has 2 saturated heterocycles. The summed E-state index contributed by atoms with van der Waals surface area (Å²) in [5.74, 6) is 0. The lowest BCUT2D eigenvalue weighted by Crippen LogP contribution is -2.58. The molecule has 14 heavy (non-hydrogen) atoms. The van der Waals surface area contributed by atoms with Crippen LogP contribution in [-0.4, -0.2) is 47.7 Å². The van der Waals surface area contributed by atoms with Gasteiger partial charge in [0.15, 0.2) is 0 Å². The maximum Gasteiger partial charge on any atom is 0.0160 e. The summed E-state index contributed by atoms with van der Waals surface area (Å²) >= 11 is 1.91. The van der Waals surface area contributed by atoms with Gasteiger partial charge in [-0.15, -0.1) is 0 Å². The average molecular weight is 214 g/mol. The summed E-state index contributed by atoms with van der Waals surface area (Å²) in [4.78, 5) is 2.62. The van der Waals surface area contributed by atoms with Gasteiger partial charge in [0.25, 0.3) is 0 Å². The van der Waals surface area contributed by atoms with Crippen molar-refractivity contribution in [2.24, 2.45) is 5.41 Å². The largest absolute Gasteiger partial charge is 0.301 e. The lowest BCUT2D eigenvalue weighted by molar-refractivity contribution is -0.00196. The maximum absolute atomic E-state index is 2.62. The normalized spacial score (nSPS) is 28.3. The highest BCUT2D eigenvalue weighted by molar-refractivity contribution is 7.96. The Labute approximate surface area is 92.2 Å². The molecule has 2 aliphatic heterocycles. The van der Waals surface area contributed by atoms with Crippen LogP contribution in [0.15, 0.2) is 0 Å². The predicted octanol–water partition coefficient (Wildman–Crippen LogP) is 2.07. The van der Waals surface area contributed by atoms with E-state index in [1.165, 1.54) is 39.0 Å². The highest BCUT2D eigenvalue weighted by atomic mass is 32.2. The summed E-state index contributed by atoms with van der Waals surface area (Å²) in [5.41, 5.74) is 0.703. The third-order valence-electron chi connectivity index (χ3n) is 3.87. The molecule has 0 aromatic heterocycles. The summed E-state index contributed by atoms with van der Waals surface area (Å²) in [6.45, 7) is 9.93. The van der Waals surface area contributed by atoms with Crippen LogP contribution in [0.25, 0.3) is 0 Å². The van der Waals surface area contributed by atoms with E-state index in [-0.39, 0.29) is 0 Å². The zero-order valence-corrected chi connectivity index (χ0v) is 10.4. The van der Waals surface area contributed by atoms with Crippen molar-refractivity contribution in [2.75, 3.05) is 32.4 Å². The lowest BCUT2D eigenvalue weighted by Gasteiger charge is -2.53. The van der Waals surface area contributed by atoms with Gasteiger partial charge in [0, 0.05) is 24.5 Å². The molecule has 0 aromatic rings. The van der Waals surface area contributed by atoms with E-state index in [4.69, 9.17) is 0 Å². The van der Waals surface area contributed by atoms with Crippen molar-refractivity contribution in [1.82, 2.24) is 9.21 Å². The number of hydrogen-bond acceptors (Lipinski definition) is 3. The topological polar surface area (TPSA) is 6.48 Å². The first-order valence-corrected chi connectivity index (χ1v) is 6.86. The molecule has 2 heterocycles. The van der Waals surface area contributed by atoms with Crippen LogP contribution in [0.1, 0.15) is 26.7 Å². The first-order valence-electron chi connectivity index (χ1n) is 5.68. The van der Waals surface area contributed by atoms with Gasteiger partial charge in [0.2, 0.25) is 0 Å². The Hall–Kier alpha value is 0.270. The Kier molecular flexibility index (Phi) is 3.10. The Morgan fingerprint density at radius 1 is 1.14 bits per heavy atom. The quantitative estimate of drug-likeness (QED) is 0.650. The Bertz CT molecular complexity index is 189. The summed E-state index contributed by atoms with van der Waals surface area (Å²) in [7, 11) is 0. The number of piperidine rings is 1. The van der Waals surface area contributed by atoms with Gasteiger partial charge >= 0.3 is 0 Å². The van der Waals surface area contributed by atoms with Gasteiger partial charge in [0.05, 0.1) is 0 Å². The van der Waals surface area contributed by atoms with Crippen molar-refractivity contribution < 1.29 is 0 Å². The molecule has 1 spiro atoms. The average Bonchev–Trinajstić information content (AvgIpc) is 2.14. The smallest absolute Gasteiger partial charge is 0.0160 e. The summed E-state index contributed by atoms with van der Waals surface area (Å²) in [6, 6.07) is 0.740. The third-order valence-corrected chi connectivity index (χ3v) is 4.65. The van der Waals surface area contributed by atoms with E-state index >= 15 is 0 Å². The van der Waals surface area contributed by atoms with E-state index in [2.05, 4.69) is 29.3 Å².